The van der Waals surface area contributed by atoms with Crippen LogP contribution in [0, 0.1) is 0 Å². The summed E-state index contributed by atoms with van der Waals surface area (Å²) in [5.74, 6) is -0.198. The van der Waals surface area contributed by atoms with Gasteiger partial charge in [0, 0.05) is 18.6 Å². The Labute approximate surface area is 131 Å². The van der Waals surface area contributed by atoms with Crippen molar-refractivity contribution in [3.8, 4) is 11.5 Å². The van der Waals surface area contributed by atoms with Crippen molar-refractivity contribution in [2.75, 3.05) is 0 Å². The van der Waals surface area contributed by atoms with Gasteiger partial charge in [-0.25, -0.2) is 4.57 Å². The molecule has 0 radical (unpaired) electrons. The highest BCUT2D eigenvalue weighted by molar-refractivity contribution is 5.70. The SMILES string of the molecule is CCCC[n+]1ccc(/C=C/c2ccc(O)c(O)c2)cc1.[Cl-]. The molecule has 2 aromatic rings. The van der Waals surface area contributed by atoms with Crippen molar-refractivity contribution in [2.24, 2.45) is 0 Å². The second-order valence-corrected chi connectivity index (χ2v) is 4.80. The van der Waals surface area contributed by atoms with E-state index in [0.29, 0.717) is 0 Å². The highest BCUT2D eigenvalue weighted by Crippen LogP contribution is 2.25. The molecule has 2 N–H and O–H groups in total. The van der Waals surface area contributed by atoms with Crippen LogP contribution in [0.2, 0.25) is 0 Å². The van der Waals surface area contributed by atoms with Gasteiger partial charge in [0.25, 0.3) is 0 Å². The molecule has 112 valence electrons. The molecule has 1 heterocycles. The number of unbranched alkanes of at least 4 members (excludes halogenated alkanes) is 1. The summed E-state index contributed by atoms with van der Waals surface area (Å²) in [5, 5.41) is 18.7. The highest BCUT2D eigenvalue weighted by Gasteiger charge is 1.99. The summed E-state index contributed by atoms with van der Waals surface area (Å²) in [6.45, 7) is 3.23. The van der Waals surface area contributed by atoms with E-state index >= 15 is 0 Å². The summed E-state index contributed by atoms with van der Waals surface area (Å²) < 4.78 is 2.17. The Bertz CT molecular complexity index is 594. The molecule has 3 nitrogen and oxygen atoms in total. The molecule has 0 unspecified atom stereocenters. The number of halogens is 1. The van der Waals surface area contributed by atoms with Crippen molar-refractivity contribution < 1.29 is 27.2 Å². The minimum absolute atomic E-state index is 0. The van der Waals surface area contributed by atoms with Crippen LogP contribution in [0.25, 0.3) is 12.2 Å². The molecule has 1 aromatic carbocycles. The normalized spacial score (nSPS) is 10.5. The minimum atomic E-state index is -0.0994. The van der Waals surface area contributed by atoms with Crippen LogP contribution in [0.5, 0.6) is 11.5 Å². The molecule has 0 saturated carbocycles. The average Bonchev–Trinajstić information content (AvgIpc) is 2.47. The smallest absolute Gasteiger partial charge is 0.169 e. The first-order chi connectivity index (χ1) is 9.69. The second-order valence-electron chi connectivity index (χ2n) is 4.80. The first-order valence-corrected chi connectivity index (χ1v) is 6.88. The van der Waals surface area contributed by atoms with Gasteiger partial charge in [-0.1, -0.05) is 31.6 Å². The van der Waals surface area contributed by atoms with E-state index in [1.165, 1.54) is 25.0 Å². The van der Waals surface area contributed by atoms with Gasteiger partial charge in [0.05, 0.1) is 0 Å². The van der Waals surface area contributed by atoms with Crippen LogP contribution >= 0.6 is 0 Å². The number of pyridine rings is 1. The molecule has 0 spiro atoms. The Morgan fingerprint density at radius 1 is 0.952 bits per heavy atom. The summed E-state index contributed by atoms with van der Waals surface area (Å²) in [6.07, 6.45) is 10.4. The van der Waals surface area contributed by atoms with Crippen molar-refractivity contribution in [1.29, 1.82) is 0 Å². The van der Waals surface area contributed by atoms with Crippen LogP contribution in [0.1, 0.15) is 30.9 Å². The lowest BCUT2D eigenvalue weighted by Crippen LogP contribution is -3.00. The molecular weight excluding hydrogens is 286 g/mol. The zero-order chi connectivity index (χ0) is 14.4. The fourth-order valence-corrected chi connectivity index (χ4v) is 1.91. The van der Waals surface area contributed by atoms with E-state index in [1.807, 2.05) is 12.2 Å². The molecule has 0 aliphatic heterocycles. The number of phenolic OH excluding ortho intramolecular Hbond substituents is 2. The van der Waals surface area contributed by atoms with Crippen LogP contribution in [0.3, 0.4) is 0 Å². The number of aromatic nitrogens is 1. The predicted octanol–water partition coefficient (Wildman–Crippen LogP) is 0.360. The van der Waals surface area contributed by atoms with E-state index in [1.54, 1.807) is 6.07 Å². The molecule has 0 atom stereocenters. The number of phenols is 2. The zero-order valence-electron chi connectivity index (χ0n) is 12.0. The summed E-state index contributed by atoms with van der Waals surface area (Å²) in [4.78, 5) is 0. The lowest BCUT2D eigenvalue weighted by atomic mass is 10.1. The van der Waals surface area contributed by atoms with Gasteiger partial charge in [-0.15, -0.1) is 0 Å². The van der Waals surface area contributed by atoms with E-state index in [2.05, 4.69) is 36.0 Å². The van der Waals surface area contributed by atoms with Crippen molar-refractivity contribution in [3.63, 3.8) is 0 Å². The molecule has 21 heavy (non-hydrogen) atoms. The molecule has 0 amide bonds. The number of benzene rings is 1. The average molecular weight is 306 g/mol. The van der Waals surface area contributed by atoms with E-state index in [9.17, 15) is 10.2 Å². The second kappa shape index (κ2) is 8.32. The van der Waals surface area contributed by atoms with E-state index in [-0.39, 0.29) is 23.9 Å². The first kappa shape index (κ1) is 17.1. The van der Waals surface area contributed by atoms with Crippen molar-refractivity contribution in [3.05, 3.63) is 53.9 Å². The third-order valence-corrected chi connectivity index (χ3v) is 3.15. The van der Waals surface area contributed by atoms with Gasteiger partial charge >= 0.3 is 0 Å². The topological polar surface area (TPSA) is 44.3 Å². The lowest BCUT2D eigenvalue weighted by molar-refractivity contribution is -0.697. The lowest BCUT2D eigenvalue weighted by Gasteiger charge is -1.99. The monoisotopic (exact) mass is 305 g/mol. The molecule has 2 rings (SSSR count). The minimum Gasteiger partial charge on any atom is -1.00 e. The van der Waals surface area contributed by atoms with Crippen LogP contribution in [0.15, 0.2) is 42.7 Å². The van der Waals surface area contributed by atoms with Crippen molar-refractivity contribution in [2.45, 2.75) is 26.3 Å². The fraction of sp³-hybridized carbons (Fsp3) is 0.235. The van der Waals surface area contributed by atoms with Gasteiger partial charge in [-0.2, -0.15) is 0 Å². The zero-order valence-corrected chi connectivity index (χ0v) is 12.8. The van der Waals surface area contributed by atoms with Crippen LogP contribution in [-0.4, -0.2) is 10.2 Å². The molecule has 1 aromatic heterocycles. The van der Waals surface area contributed by atoms with Crippen molar-refractivity contribution >= 4 is 12.2 Å². The van der Waals surface area contributed by atoms with Gasteiger partial charge in [0.15, 0.2) is 23.9 Å². The van der Waals surface area contributed by atoms with Gasteiger partial charge in [-0.05, 0) is 23.3 Å². The Morgan fingerprint density at radius 2 is 1.62 bits per heavy atom. The summed E-state index contributed by atoms with van der Waals surface area (Å²) in [6, 6.07) is 8.91. The Kier molecular flexibility index (Phi) is 6.76. The van der Waals surface area contributed by atoms with E-state index in [4.69, 9.17) is 0 Å². The Morgan fingerprint density at radius 3 is 2.24 bits per heavy atom. The highest BCUT2D eigenvalue weighted by atomic mass is 35.5. The predicted molar refractivity (Wildman–Crippen MR) is 80.2 cm³/mol. The van der Waals surface area contributed by atoms with Crippen LogP contribution in [-0.2, 0) is 6.54 Å². The van der Waals surface area contributed by atoms with Gasteiger partial charge in [0.2, 0.25) is 0 Å². The summed E-state index contributed by atoms with van der Waals surface area (Å²) in [5.41, 5.74) is 1.95. The summed E-state index contributed by atoms with van der Waals surface area (Å²) >= 11 is 0. The maximum absolute atomic E-state index is 9.43. The number of aryl methyl sites for hydroxylation is 1. The molecule has 4 heteroatoms. The molecule has 0 aliphatic rings. The Balaban J connectivity index is 0.00000220. The number of hydrogen-bond acceptors (Lipinski definition) is 2. The standard InChI is InChI=1S/C17H19NO2.ClH/c1-2-3-10-18-11-8-14(9-12-18)4-5-15-6-7-16(19)17(20)13-15;/h4-9,11-13,20H,2-3,10H2,1H3;1H. The van der Waals surface area contributed by atoms with Gasteiger partial charge in [0.1, 0.15) is 6.54 Å². The molecule has 0 saturated heterocycles. The summed E-state index contributed by atoms with van der Waals surface area (Å²) in [7, 11) is 0. The maximum atomic E-state index is 9.43. The van der Waals surface area contributed by atoms with Crippen LogP contribution in [0.4, 0.5) is 0 Å². The molecular formula is C17H20ClNO2. The number of rotatable bonds is 5. The van der Waals surface area contributed by atoms with Crippen LogP contribution < -0.4 is 17.0 Å². The third-order valence-electron chi connectivity index (χ3n) is 3.15. The van der Waals surface area contributed by atoms with Gasteiger partial charge in [-0.3, -0.25) is 0 Å². The first-order valence-electron chi connectivity index (χ1n) is 6.88. The third kappa shape index (κ3) is 5.12. The number of nitrogens with zero attached hydrogens (tertiary/aromatic N) is 1. The molecule has 0 aliphatic carbocycles. The molecule has 0 fully saturated rings. The number of hydrogen-bond donors (Lipinski definition) is 2. The number of aromatic hydroxyl groups is 2. The quantitative estimate of drug-likeness (QED) is 0.619. The van der Waals surface area contributed by atoms with Gasteiger partial charge < -0.3 is 22.6 Å². The fourth-order valence-electron chi connectivity index (χ4n) is 1.91. The van der Waals surface area contributed by atoms with E-state index < -0.39 is 0 Å². The van der Waals surface area contributed by atoms with E-state index in [0.717, 1.165) is 17.7 Å². The largest absolute Gasteiger partial charge is 1.00 e. The maximum Gasteiger partial charge on any atom is 0.169 e. The Hall–Kier alpha value is -2.00. The van der Waals surface area contributed by atoms with Crippen molar-refractivity contribution in [1.82, 2.24) is 0 Å². The molecule has 0 bridgehead atoms.